The van der Waals surface area contributed by atoms with Crippen LogP contribution >= 0.6 is 0 Å². The monoisotopic (exact) mass is 742 g/mol. The van der Waals surface area contributed by atoms with Crippen molar-refractivity contribution in [1.82, 2.24) is 19.5 Å². The molecule has 0 amide bonds. The average molecular weight is 743 g/mol. The predicted octanol–water partition coefficient (Wildman–Crippen LogP) is 13.6. The molecule has 0 spiro atoms. The van der Waals surface area contributed by atoms with E-state index in [-0.39, 0.29) is 5.41 Å². The zero-order chi connectivity index (χ0) is 38.8. The first-order valence-corrected chi connectivity index (χ1v) is 19.9. The number of benzene rings is 8. The van der Waals surface area contributed by atoms with Crippen molar-refractivity contribution in [2.75, 3.05) is 0 Å². The molecule has 8 aromatic carbocycles. The van der Waals surface area contributed by atoms with Gasteiger partial charge in [-0.05, 0) is 80.9 Å². The van der Waals surface area contributed by atoms with Gasteiger partial charge in [-0.3, -0.25) is 0 Å². The number of fused-ring (bicyclic) bond motifs is 6. The Morgan fingerprint density at radius 3 is 1.53 bits per heavy atom. The molecule has 274 valence electrons. The summed E-state index contributed by atoms with van der Waals surface area (Å²) in [6.07, 6.45) is 0. The third-order valence-corrected chi connectivity index (χ3v) is 11.9. The third kappa shape index (κ3) is 5.48. The molecule has 0 bridgehead atoms. The molecule has 2 aromatic heterocycles. The van der Waals surface area contributed by atoms with E-state index < -0.39 is 0 Å². The highest BCUT2D eigenvalue weighted by Crippen LogP contribution is 2.50. The van der Waals surface area contributed by atoms with Crippen LogP contribution in [0.1, 0.15) is 25.0 Å². The molecule has 1 aliphatic carbocycles. The molecule has 10 aromatic rings. The lowest BCUT2D eigenvalue weighted by molar-refractivity contribution is 0.660. The second-order valence-electron chi connectivity index (χ2n) is 15.6. The summed E-state index contributed by atoms with van der Waals surface area (Å²) in [5.74, 6) is 1.95. The molecule has 2 heterocycles. The van der Waals surface area contributed by atoms with E-state index in [4.69, 9.17) is 15.0 Å². The Hall–Kier alpha value is -7.43. The highest BCUT2D eigenvalue weighted by atomic mass is 15.0. The maximum atomic E-state index is 4.98. The zero-order valence-corrected chi connectivity index (χ0v) is 32.3. The Bertz CT molecular complexity index is 3110. The summed E-state index contributed by atoms with van der Waals surface area (Å²) in [5.41, 5.74) is 16.4. The Morgan fingerprint density at radius 1 is 0.362 bits per heavy atom. The van der Waals surface area contributed by atoms with E-state index in [0.717, 1.165) is 27.9 Å². The van der Waals surface area contributed by atoms with Crippen LogP contribution in [0.4, 0.5) is 0 Å². The molecule has 0 saturated carbocycles. The molecule has 58 heavy (non-hydrogen) atoms. The van der Waals surface area contributed by atoms with Gasteiger partial charge in [-0.1, -0.05) is 172 Å². The molecule has 0 unspecified atom stereocenters. The van der Waals surface area contributed by atoms with Gasteiger partial charge in [0.1, 0.15) is 0 Å². The van der Waals surface area contributed by atoms with Crippen molar-refractivity contribution in [2.24, 2.45) is 0 Å². The van der Waals surface area contributed by atoms with Crippen LogP contribution < -0.4 is 0 Å². The Morgan fingerprint density at radius 2 is 0.862 bits per heavy atom. The van der Waals surface area contributed by atoms with Gasteiger partial charge in [-0.25, -0.2) is 15.0 Å². The number of aromatic nitrogens is 4. The molecule has 0 radical (unpaired) electrons. The van der Waals surface area contributed by atoms with Crippen LogP contribution in [0.25, 0.3) is 95.0 Å². The third-order valence-electron chi connectivity index (χ3n) is 11.9. The number of hydrogen-bond donors (Lipinski definition) is 0. The lowest BCUT2D eigenvalue weighted by atomic mass is 9.81. The van der Waals surface area contributed by atoms with Crippen molar-refractivity contribution in [3.05, 3.63) is 205 Å². The first kappa shape index (κ1) is 33.9. The summed E-state index contributed by atoms with van der Waals surface area (Å²) in [7, 11) is 0. The number of nitrogens with zero attached hydrogens (tertiary/aromatic N) is 4. The fourth-order valence-corrected chi connectivity index (χ4v) is 8.97. The van der Waals surface area contributed by atoms with E-state index in [1.54, 1.807) is 0 Å². The zero-order valence-electron chi connectivity index (χ0n) is 32.3. The SMILES string of the molecule is CC1(C)c2ccccc2-c2ccc(-c3ccc4c(c3)c3c(-c5ccc(-c6nc(-c7ccccc7)nc(-c7ccccc7)n6)cc5)cccc3n4-c3ccccc3)cc21. The van der Waals surface area contributed by atoms with Crippen LogP contribution in [0.3, 0.4) is 0 Å². The molecular weight excluding hydrogens is 705 g/mol. The van der Waals surface area contributed by atoms with E-state index in [1.807, 2.05) is 60.7 Å². The van der Waals surface area contributed by atoms with Crippen LogP contribution in [0.15, 0.2) is 194 Å². The summed E-state index contributed by atoms with van der Waals surface area (Å²) in [6.45, 7) is 4.70. The highest BCUT2D eigenvalue weighted by Gasteiger charge is 2.35. The molecular formula is C54H38N4. The molecule has 0 saturated heterocycles. The van der Waals surface area contributed by atoms with E-state index in [9.17, 15) is 0 Å². The van der Waals surface area contributed by atoms with Crippen molar-refractivity contribution >= 4 is 21.8 Å². The Labute approximate surface area is 337 Å². The fourth-order valence-electron chi connectivity index (χ4n) is 8.97. The van der Waals surface area contributed by atoms with E-state index in [1.165, 1.54) is 60.8 Å². The minimum Gasteiger partial charge on any atom is -0.309 e. The summed E-state index contributed by atoms with van der Waals surface area (Å²) in [6, 6.07) is 69.1. The topological polar surface area (TPSA) is 43.6 Å². The van der Waals surface area contributed by atoms with Gasteiger partial charge in [0.2, 0.25) is 0 Å². The highest BCUT2D eigenvalue weighted by molar-refractivity contribution is 6.16. The molecule has 0 N–H and O–H groups in total. The number of para-hydroxylation sites is 1. The second kappa shape index (κ2) is 13.4. The van der Waals surface area contributed by atoms with Crippen molar-refractivity contribution in [3.8, 4) is 73.2 Å². The van der Waals surface area contributed by atoms with E-state index >= 15 is 0 Å². The van der Waals surface area contributed by atoms with Gasteiger partial charge in [0.25, 0.3) is 0 Å². The quantitative estimate of drug-likeness (QED) is 0.170. The van der Waals surface area contributed by atoms with E-state index in [0.29, 0.717) is 17.5 Å². The molecule has 1 aliphatic rings. The number of rotatable bonds is 6. The summed E-state index contributed by atoms with van der Waals surface area (Å²) in [5, 5.41) is 2.44. The average Bonchev–Trinajstić information content (AvgIpc) is 3.75. The summed E-state index contributed by atoms with van der Waals surface area (Å²) in [4.78, 5) is 14.9. The minimum absolute atomic E-state index is 0.0672. The molecule has 4 nitrogen and oxygen atoms in total. The van der Waals surface area contributed by atoms with E-state index in [2.05, 4.69) is 152 Å². The normalized spacial score (nSPS) is 12.8. The lowest BCUT2D eigenvalue weighted by Crippen LogP contribution is -2.14. The smallest absolute Gasteiger partial charge is 0.164 e. The van der Waals surface area contributed by atoms with Crippen LogP contribution in [-0.2, 0) is 5.41 Å². The maximum absolute atomic E-state index is 4.98. The van der Waals surface area contributed by atoms with Crippen molar-refractivity contribution in [3.63, 3.8) is 0 Å². The minimum atomic E-state index is -0.0672. The standard InChI is InChI=1S/C54H38N4/c1-54(2)46-23-13-12-21-43(46)44-31-29-40(34-47(44)54)39-30-32-48-45(33-39)50-42(22-14-24-49(50)58(48)41-19-10-5-11-20-41)35-25-27-38(28-26-35)53-56-51(36-15-6-3-7-16-36)55-52(57-53)37-17-8-4-9-18-37/h3-34H,1-2H3. The van der Waals surface area contributed by atoms with Gasteiger partial charge in [-0.2, -0.15) is 0 Å². The van der Waals surface area contributed by atoms with Gasteiger partial charge < -0.3 is 4.57 Å². The molecule has 0 aliphatic heterocycles. The fraction of sp³-hybridized carbons (Fsp3) is 0.0556. The molecule has 4 heteroatoms. The summed E-state index contributed by atoms with van der Waals surface area (Å²) < 4.78 is 2.40. The summed E-state index contributed by atoms with van der Waals surface area (Å²) >= 11 is 0. The molecule has 0 atom stereocenters. The second-order valence-corrected chi connectivity index (χ2v) is 15.6. The van der Waals surface area contributed by atoms with Crippen molar-refractivity contribution < 1.29 is 0 Å². The first-order valence-electron chi connectivity index (χ1n) is 19.9. The maximum Gasteiger partial charge on any atom is 0.164 e. The van der Waals surface area contributed by atoms with Crippen molar-refractivity contribution in [1.29, 1.82) is 0 Å². The van der Waals surface area contributed by atoms with Crippen molar-refractivity contribution in [2.45, 2.75) is 19.3 Å². The van der Waals surface area contributed by atoms with Crippen LogP contribution in [0, 0.1) is 0 Å². The van der Waals surface area contributed by atoms with Gasteiger partial charge in [0, 0.05) is 38.6 Å². The first-order chi connectivity index (χ1) is 28.5. The largest absolute Gasteiger partial charge is 0.309 e. The van der Waals surface area contributed by atoms with Crippen LogP contribution in [0.5, 0.6) is 0 Å². The predicted molar refractivity (Wildman–Crippen MR) is 239 cm³/mol. The molecule has 11 rings (SSSR count). The van der Waals surface area contributed by atoms with Gasteiger partial charge in [0.05, 0.1) is 11.0 Å². The lowest BCUT2D eigenvalue weighted by Gasteiger charge is -2.22. The van der Waals surface area contributed by atoms with Crippen LogP contribution in [-0.4, -0.2) is 19.5 Å². The van der Waals surface area contributed by atoms with Crippen LogP contribution in [0.2, 0.25) is 0 Å². The Kier molecular flexibility index (Phi) is 7.80. The van der Waals surface area contributed by atoms with Gasteiger partial charge >= 0.3 is 0 Å². The molecule has 0 fully saturated rings. The van der Waals surface area contributed by atoms with Gasteiger partial charge in [0.15, 0.2) is 17.5 Å². The Balaban J connectivity index is 1.06. The van der Waals surface area contributed by atoms with Gasteiger partial charge in [-0.15, -0.1) is 0 Å². The number of hydrogen-bond acceptors (Lipinski definition) is 3.